The Morgan fingerprint density at radius 1 is 1.53 bits per heavy atom. The van der Waals surface area contributed by atoms with E-state index in [1.807, 2.05) is 17.8 Å². The lowest BCUT2D eigenvalue weighted by Gasteiger charge is -2.08. The average Bonchev–Trinajstić information content (AvgIpc) is 2.77. The molecule has 2 rings (SSSR count). The molecule has 100 valence electrons. The highest BCUT2D eigenvalue weighted by Crippen LogP contribution is 2.22. The van der Waals surface area contributed by atoms with Crippen molar-refractivity contribution in [3.63, 3.8) is 0 Å². The minimum atomic E-state index is -0.985. The minimum Gasteiger partial charge on any atom is -0.493 e. The van der Waals surface area contributed by atoms with Crippen molar-refractivity contribution in [2.24, 2.45) is 7.05 Å². The van der Waals surface area contributed by atoms with E-state index in [1.165, 1.54) is 6.07 Å². The monoisotopic (exact) mass is 324 g/mol. The highest BCUT2D eigenvalue weighted by Gasteiger charge is 2.09. The molecule has 19 heavy (non-hydrogen) atoms. The van der Waals surface area contributed by atoms with Crippen molar-refractivity contribution in [3.05, 3.63) is 46.5 Å². The molecule has 1 aromatic heterocycles. The summed E-state index contributed by atoms with van der Waals surface area (Å²) in [5, 5.41) is 9.00. The Balaban J connectivity index is 1.98. The number of hydrogen-bond acceptors (Lipinski definition) is 3. The summed E-state index contributed by atoms with van der Waals surface area (Å²) < 4.78 is 8.01. The molecule has 5 nitrogen and oxygen atoms in total. The first-order chi connectivity index (χ1) is 9.08. The maximum absolute atomic E-state index is 11.0. The van der Waals surface area contributed by atoms with E-state index in [2.05, 4.69) is 20.9 Å². The van der Waals surface area contributed by atoms with Crippen LogP contribution in [0.5, 0.6) is 5.75 Å². The third-order valence-electron chi connectivity index (χ3n) is 2.68. The number of benzene rings is 1. The van der Waals surface area contributed by atoms with Crippen LogP contribution < -0.4 is 4.74 Å². The second-order valence-corrected chi connectivity index (χ2v) is 4.85. The Kier molecular flexibility index (Phi) is 4.21. The van der Waals surface area contributed by atoms with Gasteiger partial charge in [0, 0.05) is 30.3 Å². The lowest BCUT2D eigenvalue weighted by molar-refractivity contribution is 0.0695. The Bertz CT molecular complexity index is 595. The molecule has 0 aliphatic carbocycles. The van der Waals surface area contributed by atoms with E-state index >= 15 is 0 Å². The summed E-state index contributed by atoms with van der Waals surface area (Å²) in [5.74, 6) is 0.479. The average molecular weight is 325 g/mol. The molecule has 0 unspecified atom stereocenters. The number of aromatic carboxylic acids is 1. The van der Waals surface area contributed by atoms with Gasteiger partial charge in [-0.25, -0.2) is 9.78 Å². The molecule has 0 bridgehead atoms. The van der Waals surface area contributed by atoms with E-state index in [0.29, 0.717) is 23.2 Å². The van der Waals surface area contributed by atoms with Crippen LogP contribution in [0.25, 0.3) is 0 Å². The summed E-state index contributed by atoms with van der Waals surface area (Å²) in [5.41, 5.74) is 0.189. The van der Waals surface area contributed by atoms with E-state index < -0.39 is 5.97 Å². The molecule has 0 spiro atoms. The maximum Gasteiger partial charge on any atom is 0.336 e. The van der Waals surface area contributed by atoms with Gasteiger partial charge in [-0.3, -0.25) is 0 Å². The molecular formula is C13H13BrN2O3. The second-order valence-electron chi connectivity index (χ2n) is 4.00. The summed E-state index contributed by atoms with van der Waals surface area (Å²) in [4.78, 5) is 15.2. The molecular weight excluding hydrogens is 312 g/mol. The van der Waals surface area contributed by atoms with E-state index in [9.17, 15) is 4.79 Å². The number of imidazole rings is 1. The molecule has 2 aromatic rings. The third kappa shape index (κ3) is 3.35. The number of rotatable bonds is 5. The molecule has 0 amide bonds. The van der Waals surface area contributed by atoms with Gasteiger partial charge >= 0.3 is 5.97 Å². The van der Waals surface area contributed by atoms with Gasteiger partial charge in [0.25, 0.3) is 0 Å². The van der Waals surface area contributed by atoms with Crippen molar-refractivity contribution in [2.45, 2.75) is 6.42 Å². The fraction of sp³-hybridized carbons (Fsp3) is 0.231. The van der Waals surface area contributed by atoms with E-state index in [-0.39, 0.29) is 5.56 Å². The van der Waals surface area contributed by atoms with Crippen molar-refractivity contribution in [2.75, 3.05) is 6.61 Å². The number of carboxylic acids is 1. The van der Waals surface area contributed by atoms with Crippen LogP contribution in [0.1, 0.15) is 16.2 Å². The van der Waals surface area contributed by atoms with Crippen LogP contribution >= 0.6 is 15.9 Å². The van der Waals surface area contributed by atoms with Crippen LogP contribution in [0.4, 0.5) is 0 Å². The number of aryl methyl sites for hydroxylation is 1. The molecule has 0 radical (unpaired) electrons. The molecule has 0 atom stereocenters. The quantitative estimate of drug-likeness (QED) is 0.917. The first-order valence-electron chi connectivity index (χ1n) is 5.70. The second kappa shape index (κ2) is 5.88. The zero-order valence-electron chi connectivity index (χ0n) is 10.3. The lowest BCUT2D eigenvalue weighted by atomic mass is 10.2. The van der Waals surface area contributed by atoms with Crippen molar-refractivity contribution >= 4 is 21.9 Å². The first-order valence-corrected chi connectivity index (χ1v) is 6.49. The van der Waals surface area contributed by atoms with Crippen molar-refractivity contribution in [3.8, 4) is 5.75 Å². The maximum atomic E-state index is 11.0. The normalized spacial score (nSPS) is 10.4. The first kappa shape index (κ1) is 13.6. The van der Waals surface area contributed by atoms with Gasteiger partial charge in [0.1, 0.15) is 11.6 Å². The van der Waals surface area contributed by atoms with Gasteiger partial charge in [-0.1, -0.05) is 0 Å². The van der Waals surface area contributed by atoms with Crippen LogP contribution in [0.2, 0.25) is 0 Å². The molecule has 0 fully saturated rings. The summed E-state index contributed by atoms with van der Waals surface area (Å²) >= 11 is 3.19. The van der Waals surface area contributed by atoms with Gasteiger partial charge in [0.05, 0.1) is 12.2 Å². The van der Waals surface area contributed by atoms with Gasteiger partial charge < -0.3 is 14.4 Å². The Hall–Kier alpha value is -1.82. The minimum absolute atomic E-state index is 0.189. The van der Waals surface area contributed by atoms with Crippen LogP contribution in [-0.4, -0.2) is 27.2 Å². The van der Waals surface area contributed by atoms with Gasteiger partial charge in [-0.05, 0) is 34.1 Å². The third-order valence-corrected chi connectivity index (χ3v) is 3.38. The van der Waals surface area contributed by atoms with Crippen LogP contribution in [0.3, 0.4) is 0 Å². The molecule has 1 heterocycles. The molecule has 1 aromatic carbocycles. The number of hydrogen-bond donors (Lipinski definition) is 1. The number of carboxylic acid groups (broad SMARTS) is 1. The van der Waals surface area contributed by atoms with Crippen LogP contribution in [0, 0.1) is 0 Å². The van der Waals surface area contributed by atoms with Crippen molar-refractivity contribution < 1.29 is 14.6 Å². The summed E-state index contributed by atoms with van der Waals surface area (Å²) in [6.45, 7) is 0.450. The molecule has 6 heteroatoms. The lowest BCUT2D eigenvalue weighted by Crippen LogP contribution is -2.07. The van der Waals surface area contributed by atoms with E-state index in [0.717, 1.165) is 5.82 Å². The smallest absolute Gasteiger partial charge is 0.336 e. The SMILES string of the molecule is Cn1ccnc1CCOc1ccc(Br)c(C(=O)O)c1. The van der Waals surface area contributed by atoms with Crippen molar-refractivity contribution in [1.29, 1.82) is 0 Å². The molecule has 0 saturated carbocycles. The van der Waals surface area contributed by atoms with Crippen LogP contribution in [0.15, 0.2) is 35.1 Å². The molecule has 1 N–H and O–H groups in total. The number of halogens is 1. The topological polar surface area (TPSA) is 64.4 Å². The largest absolute Gasteiger partial charge is 0.493 e. The van der Waals surface area contributed by atoms with Crippen LogP contribution in [-0.2, 0) is 13.5 Å². The Morgan fingerprint density at radius 2 is 2.32 bits per heavy atom. The predicted molar refractivity (Wildman–Crippen MR) is 73.5 cm³/mol. The number of nitrogens with zero attached hydrogens (tertiary/aromatic N) is 2. The molecule has 0 aliphatic heterocycles. The standard InChI is InChI=1S/C13H13BrN2O3/c1-16-6-5-15-12(16)4-7-19-9-2-3-11(14)10(8-9)13(17)18/h2-3,5-6,8H,4,7H2,1H3,(H,17,18). The summed E-state index contributed by atoms with van der Waals surface area (Å²) in [7, 11) is 1.92. The summed E-state index contributed by atoms with van der Waals surface area (Å²) in [6, 6.07) is 4.90. The van der Waals surface area contributed by atoms with E-state index in [4.69, 9.17) is 9.84 Å². The highest BCUT2D eigenvalue weighted by atomic mass is 79.9. The number of carbonyl (C=O) groups is 1. The Labute approximate surface area is 119 Å². The molecule has 0 saturated heterocycles. The van der Waals surface area contributed by atoms with Crippen molar-refractivity contribution in [1.82, 2.24) is 9.55 Å². The van der Waals surface area contributed by atoms with Gasteiger partial charge in [-0.2, -0.15) is 0 Å². The van der Waals surface area contributed by atoms with Gasteiger partial charge in [0.15, 0.2) is 0 Å². The Morgan fingerprint density at radius 3 is 2.95 bits per heavy atom. The fourth-order valence-electron chi connectivity index (χ4n) is 1.66. The van der Waals surface area contributed by atoms with Gasteiger partial charge in [0.2, 0.25) is 0 Å². The molecule has 0 aliphatic rings. The fourth-order valence-corrected chi connectivity index (χ4v) is 2.07. The zero-order valence-corrected chi connectivity index (χ0v) is 11.9. The predicted octanol–water partition coefficient (Wildman–Crippen LogP) is 2.50. The van der Waals surface area contributed by atoms with Gasteiger partial charge in [-0.15, -0.1) is 0 Å². The highest BCUT2D eigenvalue weighted by molar-refractivity contribution is 9.10. The summed E-state index contributed by atoms with van der Waals surface area (Å²) in [6.07, 6.45) is 4.27. The zero-order chi connectivity index (χ0) is 13.8. The number of ether oxygens (including phenoxy) is 1. The number of aromatic nitrogens is 2. The van der Waals surface area contributed by atoms with E-state index in [1.54, 1.807) is 18.3 Å².